The number of thioether (sulfide) groups is 1. The number of amides is 3. The molecule has 0 fully saturated rings. The van der Waals surface area contributed by atoms with Crippen LogP contribution in [0.2, 0.25) is 0 Å². The summed E-state index contributed by atoms with van der Waals surface area (Å²) in [5.41, 5.74) is 0.969. The van der Waals surface area contributed by atoms with Crippen LogP contribution in [0.25, 0.3) is 11.4 Å². The summed E-state index contributed by atoms with van der Waals surface area (Å²) < 4.78 is 14.0. The summed E-state index contributed by atoms with van der Waals surface area (Å²) in [4.78, 5) is 28.7. The Hall–Kier alpha value is -3.20. The Balaban J connectivity index is 1.83. The quantitative estimate of drug-likeness (QED) is 0.553. The number of urea groups is 1. The largest absolute Gasteiger partial charge is 0.338 e. The third-order valence-corrected chi connectivity index (χ3v) is 4.85. The number of aromatic amines is 1. The van der Waals surface area contributed by atoms with Gasteiger partial charge in [0.25, 0.3) is 0 Å². The molecule has 3 amide bonds. The van der Waals surface area contributed by atoms with E-state index in [1.807, 2.05) is 6.07 Å². The van der Waals surface area contributed by atoms with Gasteiger partial charge in [0.15, 0.2) is 5.82 Å². The molecule has 1 heterocycles. The average Bonchev–Trinajstić information content (AvgIpc) is 3.15. The summed E-state index contributed by atoms with van der Waals surface area (Å²) in [6.45, 7) is 2.15. The van der Waals surface area contributed by atoms with E-state index in [1.165, 1.54) is 6.07 Å². The molecule has 7 nitrogen and oxygen atoms in total. The van der Waals surface area contributed by atoms with E-state index in [4.69, 9.17) is 0 Å². The molecule has 0 aliphatic carbocycles. The molecule has 0 spiro atoms. The molecule has 2 aromatic carbocycles. The summed E-state index contributed by atoms with van der Waals surface area (Å²) in [6, 6.07) is 14.6. The number of halogens is 1. The highest BCUT2D eigenvalue weighted by Gasteiger charge is 2.25. The van der Waals surface area contributed by atoms with Crippen molar-refractivity contribution in [2.75, 3.05) is 6.54 Å². The monoisotopic (exact) mass is 399 g/mol. The van der Waals surface area contributed by atoms with Crippen LogP contribution in [0.3, 0.4) is 0 Å². The Morgan fingerprint density at radius 2 is 1.86 bits per heavy atom. The molecule has 0 bridgehead atoms. The van der Waals surface area contributed by atoms with Gasteiger partial charge in [-0.1, -0.05) is 54.2 Å². The number of rotatable bonds is 6. The molecule has 3 rings (SSSR count). The van der Waals surface area contributed by atoms with E-state index in [2.05, 4.69) is 25.8 Å². The maximum absolute atomic E-state index is 14.0. The van der Waals surface area contributed by atoms with Gasteiger partial charge >= 0.3 is 6.03 Å². The third kappa shape index (κ3) is 4.74. The van der Waals surface area contributed by atoms with Gasteiger partial charge in [0.1, 0.15) is 11.1 Å². The van der Waals surface area contributed by atoms with E-state index in [9.17, 15) is 14.0 Å². The van der Waals surface area contributed by atoms with Crippen LogP contribution >= 0.6 is 11.8 Å². The number of H-pyrrole nitrogens is 1. The van der Waals surface area contributed by atoms with Gasteiger partial charge in [0.2, 0.25) is 11.1 Å². The Kier molecular flexibility index (Phi) is 6.38. The predicted molar refractivity (Wildman–Crippen MR) is 104 cm³/mol. The first-order valence-corrected chi connectivity index (χ1v) is 9.44. The topological polar surface area (TPSA) is 99.8 Å². The van der Waals surface area contributed by atoms with Gasteiger partial charge in [0, 0.05) is 6.54 Å². The SMILES string of the molecule is CCNC(=O)NC(=O)[C@@H](Sc1n[nH]c(-c2ccccc2F)n1)c1ccccc1. The molecule has 0 unspecified atom stereocenters. The number of carbonyl (C=O) groups is 2. The van der Waals surface area contributed by atoms with Crippen LogP contribution in [0.5, 0.6) is 0 Å². The molecule has 0 aliphatic rings. The Bertz CT molecular complexity index is 964. The van der Waals surface area contributed by atoms with Crippen LogP contribution in [0.15, 0.2) is 59.8 Å². The molecule has 1 aromatic heterocycles. The van der Waals surface area contributed by atoms with Crippen molar-refractivity contribution >= 4 is 23.7 Å². The van der Waals surface area contributed by atoms with Crippen LogP contribution in [-0.2, 0) is 4.79 Å². The van der Waals surface area contributed by atoms with Crippen molar-refractivity contribution < 1.29 is 14.0 Å². The lowest BCUT2D eigenvalue weighted by Gasteiger charge is -2.14. The fourth-order valence-electron chi connectivity index (χ4n) is 2.46. The average molecular weight is 399 g/mol. The molecule has 1 atom stereocenters. The van der Waals surface area contributed by atoms with E-state index in [1.54, 1.807) is 49.4 Å². The number of hydrogen-bond acceptors (Lipinski definition) is 5. The number of hydrogen-bond donors (Lipinski definition) is 3. The number of nitrogens with one attached hydrogen (secondary N) is 3. The third-order valence-electron chi connectivity index (χ3n) is 3.73. The van der Waals surface area contributed by atoms with Crippen molar-refractivity contribution in [1.29, 1.82) is 0 Å². The van der Waals surface area contributed by atoms with Crippen molar-refractivity contribution in [2.45, 2.75) is 17.3 Å². The number of benzene rings is 2. The van der Waals surface area contributed by atoms with Crippen LogP contribution in [0.1, 0.15) is 17.7 Å². The van der Waals surface area contributed by atoms with Crippen molar-refractivity contribution in [3.63, 3.8) is 0 Å². The first kappa shape index (κ1) is 19.6. The smallest absolute Gasteiger partial charge is 0.321 e. The van der Waals surface area contributed by atoms with Gasteiger partial charge in [-0.15, -0.1) is 5.10 Å². The van der Waals surface area contributed by atoms with Crippen LogP contribution in [-0.4, -0.2) is 33.7 Å². The van der Waals surface area contributed by atoms with E-state index in [0.717, 1.165) is 11.8 Å². The number of nitrogens with zero attached hydrogens (tertiary/aromatic N) is 2. The van der Waals surface area contributed by atoms with E-state index in [0.29, 0.717) is 12.1 Å². The lowest BCUT2D eigenvalue weighted by molar-refractivity contribution is -0.119. The van der Waals surface area contributed by atoms with E-state index < -0.39 is 23.0 Å². The molecular weight excluding hydrogens is 381 g/mol. The fraction of sp³-hybridized carbons (Fsp3) is 0.158. The minimum absolute atomic E-state index is 0.261. The zero-order valence-electron chi connectivity index (χ0n) is 15.0. The fourth-order valence-corrected chi connectivity index (χ4v) is 3.37. The van der Waals surface area contributed by atoms with Gasteiger partial charge < -0.3 is 5.32 Å². The standard InChI is InChI=1S/C19H18FN5O2S/c1-2-21-18(27)23-17(26)15(12-8-4-3-5-9-12)28-19-22-16(24-25-19)13-10-6-7-11-14(13)20/h3-11,15H,2H2,1H3,(H,22,24,25)(H2,21,23,26,27)/t15-/m0/s1. The van der Waals surface area contributed by atoms with E-state index >= 15 is 0 Å². The van der Waals surface area contributed by atoms with Crippen molar-refractivity contribution in [1.82, 2.24) is 25.8 Å². The lowest BCUT2D eigenvalue weighted by atomic mass is 10.1. The van der Waals surface area contributed by atoms with Gasteiger partial charge in [0.05, 0.1) is 5.56 Å². The first-order chi connectivity index (χ1) is 13.6. The Labute approximate surface area is 165 Å². The van der Waals surface area contributed by atoms with Crippen molar-refractivity contribution in [3.8, 4) is 11.4 Å². The Morgan fingerprint density at radius 1 is 1.14 bits per heavy atom. The van der Waals surface area contributed by atoms with Crippen molar-refractivity contribution in [2.24, 2.45) is 0 Å². The zero-order chi connectivity index (χ0) is 19.9. The van der Waals surface area contributed by atoms with E-state index in [-0.39, 0.29) is 16.5 Å². The first-order valence-electron chi connectivity index (χ1n) is 8.56. The maximum atomic E-state index is 14.0. The van der Waals surface area contributed by atoms with Crippen molar-refractivity contribution in [3.05, 3.63) is 66.0 Å². The highest BCUT2D eigenvalue weighted by molar-refractivity contribution is 8.00. The number of aromatic nitrogens is 3. The molecule has 3 aromatic rings. The van der Waals surface area contributed by atoms with Crippen LogP contribution < -0.4 is 10.6 Å². The predicted octanol–water partition coefficient (Wildman–Crippen LogP) is 3.29. The summed E-state index contributed by atoms with van der Waals surface area (Å²) in [6.07, 6.45) is 0. The molecule has 9 heteroatoms. The van der Waals surface area contributed by atoms with Gasteiger partial charge in [-0.3, -0.25) is 15.2 Å². The minimum atomic E-state index is -0.756. The Morgan fingerprint density at radius 3 is 2.57 bits per heavy atom. The van der Waals surface area contributed by atoms with Gasteiger partial charge in [-0.05, 0) is 24.6 Å². The summed E-state index contributed by atoms with van der Waals surface area (Å²) in [5.74, 6) is -0.667. The normalized spacial score (nSPS) is 11.6. The van der Waals surface area contributed by atoms with Crippen LogP contribution in [0.4, 0.5) is 9.18 Å². The maximum Gasteiger partial charge on any atom is 0.321 e. The minimum Gasteiger partial charge on any atom is -0.338 e. The summed E-state index contributed by atoms with van der Waals surface area (Å²) in [5, 5.41) is 11.1. The molecule has 0 saturated heterocycles. The number of imide groups is 1. The highest BCUT2D eigenvalue weighted by Crippen LogP contribution is 2.34. The summed E-state index contributed by atoms with van der Waals surface area (Å²) in [7, 11) is 0. The highest BCUT2D eigenvalue weighted by atomic mass is 32.2. The molecule has 3 N–H and O–H groups in total. The second-order valence-electron chi connectivity index (χ2n) is 5.70. The van der Waals surface area contributed by atoms with Gasteiger partial charge in [-0.2, -0.15) is 0 Å². The second-order valence-corrected chi connectivity index (χ2v) is 6.78. The lowest BCUT2D eigenvalue weighted by Crippen LogP contribution is -2.41. The molecule has 0 aliphatic heterocycles. The molecule has 0 radical (unpaired) electrons. The molecule has 0 saturated carbocycles. The van der Waals surface area contributed by atoms with Crippen LogP contribution in [0, 0.1) is 5.82 Å². The molecular formula is C19H18FN5O2S. The zero-order valence-corrected chi connectivity index (χ0v) is 15.8. The molecule has 144 valence electrons. The summed E-state index contributed by atoms with van der Waals surface area (Å²) >= 11 is 1.06. The second kappa shape index (κ2) is 9.14. The van der Waals surface area contributed by atoms with Gasteiger partial charge in [-0.25, -0.2) is 14.2 Å². The number of carbonyl (C=O) groups excluding carboxylic acids is 2. The molecule has 28 heavy (non-hydrogen) atoms.